The number of nitroso groups, excluding NO2 is 1. The van der Waals surface area contributed by atoms with Crippen molar-refractivity contribution >= 4 is 17.9 Å². The van der Waals surface area contributed by atoms with Crippen LogP contribution in [0.2, 0.25) is 0 Å². The molecule has 0 bridgehead atoms. The van der Waals surface area contributed by atoms with E-state index in [1.54, 1.807) is 4.90 Å². The van der Waals surface area contributed by atoms with Gasteiger partial charge in [-0.1, -0.05) is 0 Å². The highest BCUT2D eigenvalue weighted by atomic mass is 16.3. The zero-order valence-corrected chi connectivity index (χ0v) is 10.7. The lowest BCUT2D eigenvalue weighted by Gasteiger charge is -2.32. The number of likely N-dealkylation sites (N-methyl/N-ethyl adjacent to an activating group) is 1. The Hall–Kier alpha value is -2.08. The smallest absolute Gasteiger partial charge is 0.253 e. The van der Waals surface area contributed by atoms with E-state index in [0.29, 0.717) is 24.9 Å². The van der Waals surface area contributed by atoms with Gasteiger partial charge >= 0.3 is 0 Å². The Morgan fingerprint density at radius 3 is 2.53 bits per heavy atom. The summed E-state index contributed by atoms with van der Waals surface area (Å²) in [5, 5.41) is 2.75. The van der Waals surface area contributed by atoms with Gasteiger partial charge in [0.1, 0.15) is 5.69 Å². The van der Waals surface area contributed by atoms with Crippen LogP contribution in [-0.4, -0.2) is 55.2 Å². The van der Waals surface area contributed by atoms with Gasteiger partial charge in [-0.3, -0.25) is 9.59 Å². The van der Waals surface area contributed by atoms with Crippen molar-refractivity contribution < 1.29 is 9.59 Å². The van der Waals surface area contributed by atoms with Crippen molar-refractivity contribution in [2.45, 2.75) is 0 Å². The maximum absolute atomic E-state index is 12.3. The Kier molecular flexibility index (Phi) is 4.01. The molecule has 100 valence electrons. The van der Waals surface area contributed by atoms with E-state index in [1.807, 2.05) is 7.05 Å². The van der Waals surface area contributed by atoms with Crippen molar-refractivity contribution in [3.05, 3.63) is 34.2 Å². The number of aldehydes is 1. The van der Waals surface area contributed by atoms with E-state index in [-0.39, 0.29) is 17.2 Å². The van der Waals surface area contributed by atoms with Gasteiger partial charge in [0.15, 0.2) is 6.29 Å². The lowest BCUT2D eigenvalue weighted by Crippen LogP contribution is -2.47. The molecule has 1 aromatic rings. The minimum atomic E-state index is -0.117. The Labute approximate surface area is 111 Å². The minimum Gasteiger partial charge on any atom is -0.336 e. The predicted molar refractivity (Wildman–Crippen MR) is 70.7 cm³/mol. The quantitative estimate of drug-likeness (QED) is 0.607. The number of benzene rings is 1. The summed E-state index contributed by atoms with van der Waals surface area (Å²) in [5.74, 6) is -0.117. The molecule has 0 N–H and O–H groups in total. The standard InChI is InChI=1S/C13H15N3O3/c1-15-4-6-16(7-5-15)13(18)10-2-3-12(14-19)11(8-10)9-17/h2-3,8-9H,4-7H2,1H3. The summed E-state index contributed by atoms with van der Waals surface area (Å²) in [6.07, 6.45) is 0.539. The van der Waals surface area contributed by atoms with E-state index in [1.165, 1.54) is 18.2 Å². The molecule has 0 aromatic heterocycles. The lowest BCUT2D eigenvalue weighted by atomic mass is 10.1. The number of hydrogen-bond donors (Lipinski definition) is 0. The molecule has 0 aliphatic carbocycles. The van der Waals surface area contributed by atoms with Crippen LogP contribution in [0.4, 0.5) is 5.69 Å². The molecule has 1 aliphatic rings. The Morgan fingerprint density at radius 1 is 1.26 bits per heavy atom. The molecule has 0 unspecified atom stereocenters. The molecule has 0 saturated carbocycles. The van der Waals surface area contributed by atoms with Gasteiger partial charge in [0.25, 0.3) is 5.91 Å². The molecule has 6 nitrogen and oxygen atoms in total. The average molecular weight is 261 g/mol. The maximum atomic E-state index is 12.3. The fraction of sp³-hybridized carbons (Fsp3) is 0.385. The molecule has 0 radical (unpaired) electrons. The van der Waals surface area contributed by atoms with E-state index < -0.39 is 0 Å². The first-order valence-corrected chi connectivity index (χ1v) is 6.06. The van der Waals surface area contributed by atoms with Crippen LogP contribution in [-0.2, 0) is 0 Å². The minimum absolute atomic E-state index is 0.0601. The third kappa shape index (κ3) is 2.85. The molecular formula is C13H15N3O3. The predicted octanol–water partition coefficient (Wildman–Crippen LogP) is 1.28. The molecule has 1 aromatic carbocycles. The van der Waals surface area contributed by atoms with Crippen LogP contribution in [0.25, 0.3) is 0 Å². The number of hydrogen-bond acceptors (Lipinski definition) is 5. The molecule has 0 spiro atoms. The molecule has 2 rings (SSSR count). The molecule has 1 heterocycles. The van der Waals surface area contributed by atoms with Crippen molar-refractivity contribution in [1.29, 1.82) is 0 Å². The van der Waals surface area contributed by atoms with Crippen molar-refractivity contribution in [3.8, 4) is 0 Å². The highest BCUT2D eigenvalue weighted by Gasteiger charge is 2.21. The summed E-state index contributed by atoms with van der Waals surface area (Å²) in [4.78, 5) is 37.5. The van der Waals surface area contributed by atoms with Crippen LogP contribution in [0.15, 0.2) is 23.4 Å². The van der Waals surface area contributed by atoms with Crippen LogP contribution < -0.4 is 0 Å². The summed E-state index contributed by atoms with van der Waals surface area (Å²) in [7, 11) is 2.01. The number of carbonyl (C=O) groups excluding carboxylic acids is 2. The van der Waals surface area contributed by atoms with Crippen LogP contribution >= 0.6 is 0 Å². The van der Waals surface area contributed by atoms with Crippen molar-refractivity contribution in [2.75, 3.05) is 33.2 Å². The van der Waals surface area contributed by atoms with E-state index in [2.05, 4.69) is 10.1 Å². The van der Waals surface area contributed by atoms with Crippen LogP contribution in [0.5, 0.6) is 0 Å². The first-order chi connectivity index (χ1) is 9.15. The Balaban J connectivity index is 2.19. The normalized spacial score (nSPS) is 16.2. The van der Waals surface area contributed by atoms with Gasteiger partial charge in [-0.25, -0.2) is 0 Å². The highest BCUT2D eigenvalue weighted by molar-refractivity contribution is 5.97. The van der Waals surface area contributed by atoms with E-state index >= 15 is 0 Å². The van der Waals surface area contributed by atoms with Gasteiger partial charge in [0.05, 0.1) is 0 Å². The first kappa shape index (κ1) is 13.4. The summed E-state index contributed by atoms with van der Waals surface area (Å²) in [6, 6.07) is 4.36. The molecule has 19 heavy (non-hydrogen) atoms. The third-order valence-corrected chi connectivity index (χ3v) is 3.29. The van der Waals surface area contributed by atoms with E-state index in [9.17, 15) is 14.5 Å². The number of carbonyl (C=O) groups is 2. The van der Waals surface area contributed by atoms with E-state index in [0.717, 1.165) is 13.1 Å². The van der Waals surface area contributed by atoms with Crippen molar-refractivity contribution in [1.82, 2.24) is 9.80 Å². The SMILES string of the molecule is CN1CCN(C(=O)c2ccc(N=O)c(C=O)c2)CC1. The number of rotatable bonds is 3. The Morgan fingerprint density at radius 2 is 1.95 bits per heavy atom. The maximum Gasteiger partial charge on any atom is 0.253 e. The number of piperazine rings is 1. The van der Waals surface area contributed by atoms with Gasteiger partial charge < -0.3 is 9.80 Å². The third-order valence-electron chi connectivity index (χ3n) is 3.29. The number of amides is 1. The Bertz CT molecular complexity index is 508. The lowest BCUT2D eigenvalue weighted by molar-refractivity contribution is 0.0664. The van der Waals surface area contributed by atoms with Gasteiger partial charge in [0, 0.05) is 37.3 Å². The van der Waals surface area contributed by atoms with Gasteiger partial charge in [-0.2, -0.15) is 0 Å². The summed E-state index contributed by atoms with van der Waals surface area (Å²) >= 11 is 0. The summed E-state index contributed by atoms with van der Waals surface area (Å²) in [5.41, 5.74) is 0.624. The zero-order chi connectivity index (χ0) is 13.8. The van der Waals surface area contributed by atoms with Gasteiger partial charge in [-0.15, -0.1) is 4.91 Å². The second-order valence-electron chi connectivity index (χ2n) is 4.58. The average Bonchev–Trinajstić information content (AvgIpc) is 2.46. The topological polar surface area (TPSA) is 70.0 Å². The van der Waals surface area contributed by atoms with Crippen LogP contribution in [0, 0.1) is 4.91 Å². The van der Waals surface area contributed by atoms with Gasteiger partial charge in [-0.05, 0) is 30.4 Å². The summed E-state index contributed by atoms with van der Waals surface area (Å²) < 4.78 is 0. The molecule has 1 aliphatic heterocycles. The number of nitrogens with zero attached hydrogens (tertiary/aromatic N) is 3. The molecule has 1 saturated heterocycles. The monoisotopic (exact) mass is 261 g/mol. The second-order valence-corrected chi connectivity index (χ2v) is 4.58. The highest BCUT2D eigenvalue weighted by Crippen LogP contribution is 2.20. The summed E-state index contributed by atoms with van der Waals surface area (Å²) in [6.45, 7) is 3.00. The largest absolute Gasteiger partial charge is 0.336 e. The van der Waals surface area contributed by atoms with Gasteiger partial charge in [0.2, 0.25) is 0 Å². The fourth-order valence-corrected chi connectivity index (χ4v) is 2.06. The van der Waals surface area contributed by atoms with Crippen molar-refractivity contribution in [3.63, 3.8) is 0 Å². The molecule has 1 amide bonds. The molecule has 0 atom stereocenters. The molecular weight excluding hydrogens is 246 g/mol. The molecule has 6 heteroatoms. The van der Waals surface area contributed by atoms with Crippen molar-refractivity contribution in [2.24, 2.45) is 5.18 Å². The van der Waals surface area contributed by atoms with Crippen LogP contribution in [0.3, 0.4) is 0 Å². The fourth-order valence-electron chi connectivity index (χ4n) is 2.06. The van der Waals surface area contributed by atoms with Crippen LogP contribution in [0.1, 0.15) is 20.7 Å². The second kappa shape index (κ2) is 5.71. The van der Waals surface area contributed by atoms with E-state index in [4.69, 9.17) is 0 Å². The first-order valence-electron chi connectivity index (χ1n) is 6.06. The zero-order valence-electron chi connectivity index (χ0n) is 10.7. The molecule has 1 fully saturated rings.